The molecule has 0 unspecified atom stereocenters. The van der Waals surface area contributed by atoms with Crippen LogP contribution in [0.15, 0.2) is 54.7 Å². The molecule has 0 aliphatic rings. The highest BCUT2D eigenvalue weighted by atomic mass is 19.1. The van der Waals surface area contributed by atoms with Gasteiger partial charge in [-0.15, -0.1) is 0 Å². The van der Waals surface area contributed by atoms with Gasteiger partial charge in [0.2, 0.25) is 0 Å². The summed E-state index contributed by atoms with van der Waals surface area (Å²) in [6.07, 6.45) is 2.07. The number of aromatic nitrogens is 1. The normalized spacial score (nSPS) is 10.7. The second kappa shape index (κ2) is 6.57. The van der Waals surface area contributed by atoms with Crippen LogP contribution in [0.1, 0.15) is 28.4 Å². The molecule has 3 rings (SSSR count). The van der Waals surface area contributed by atoms with Crippen molar-refractivity contribution < 1.29 is 13.9 Å². The molecule has 0 amide bonds. The first-order valence-corrected chi connectivity index (χ1v) is 7.47. The lowest BCUT2D eigenvalue weighted by atomic mass is 9.97. The third-order valence-corrected chi connectivity index (χ3v) is 3.68. The molecule has 3 nitrogen and oxygen atoms in total. The van der Waals surface area contributed by atoms with E-state index in [9.17, 15) is 9.18 Å². The number of esters is 1. The molecule has 0 saturated carbocycles. The van der Waals surface area contributed by atoms with Gasteiger partial charge in [-0.1, -0.05) is 30.3 Å². The van der Waals surface area contributed by atoms with Gasteiger partial charge in [0, 0.05) is 11.6 Å². The molecule has 2 aromatic carbocycles. The van der Waals surface area contributed by atoms with E-state index in [1.54, 1.807) is 25.3 Å². The molecule has 3 aromatic rings. The summed E-state index contributed by atoms with van der Waals surface area (Å²) in [5.74, 6) is -0.665. The fourth-order valence-corrected chi connectivity index (χ4v) is 2.58. The number of ether oxygens (including phenoxy) is 1. The number of benzene rings is 2. The van der Waals surface area contributed by atoms with Crippen LogP contribution in [0.25, 0.3) is 10.9 Å². The summed E-state index contributed by atoms with van der Waals surface area (Å²) in [7, 11) is 0. The maximum atomic E-state index is 13.1. The molecule has 0 bridgehead atoms. The summed E-state index contributed by atoms with van der Waals surface area (Å²) >= 11 is 0. The van der Waals surface area contributed by atoms with Crippen LogP contribution < -0.4 is 0 Å². The van der Waals surface area contributed by atoms with E-state index >= 15 is 0 Å². The topological polar surface area (TPSA) is 39.2 Å². The molecule has 0 saturated heterocycles. The maximum absolute atomic E-state index is 13.1. The quantitative estimate of drug-likeness (QED) is 0.680. The van der Waals surface area contributed by atoms with E-state index in [1.807, 2.05) is 24.3 Å². The molecule has 0 radical (unpaired) electrons. The lowest BCUT2D eigenvalue weighted by Gasteiger charge is -2.12. The maximum Gasteiger partial charge on any atom is 0.340 e. The summed E-state index contributed by atoms with van der Waals surface area (Å²) in [5, 5.41) is 0.905. The van der Waals surface area contributed by atoms with E-state index < -0.39 is 0 Å². The molecule has 0 fully saturated rings. The van der Waals surface area contributed by atoms with Gasteiger partial charge < -0.3 is 4.74 Å². The summed E-state index contributed by atoms with van der Waals surface area (Å²) < 4.78 is 18.2. The van der Waals surface area contributed by atoms with Gasteiger partial charge in [-0.25, -0.2) is 9.18 Å². The highest BCUT2D eigenvalue weighted by Gasteiger charge is 2.16. The number of pyridine rings is 1. The summed E-state index contributed by atoms with van der Waals surface area (Å²) in [4.78, 5) is 16.6. The van der Waals surface area contributed by atoms with Gasteiger partial charge in [-0.3, -0.25) is 4.98 Å². The van der Waals surface area contributed by atoms with E-state index in [0.29, 0.717) is 18.6 Å². The van der Waals surface area contributed by atoms with Crippen molar-refractivity contribution in [2.24, 2.45) is 0 Å². The number of nitrogens with zero attached hydrogens (tertiary/aromatic N) is 1. The molecular formula is C19H16FNO2. The Bertz CT molecular complexity index is 844. The summed E-state index contributed by atoms with van der Waals surface area (Å²) in [6, 6.07) is 13.9. The molecular weight excluding hydrogens is 293 g/mol. The number of fused-ring (bicyclic) bond motifs is 1. The molecule has 0 aliphatic heterocycles. The first kappa shape index (κ1) is 15.2. The Balaban J connectivity index is 2.12. The van der Waals surface area contributed by atoms with Crippen molar-refractivity contribution in [1.82, 2.24) is 4.98 Å². The van der Waals surface area contributed by atoms with Crippen LogP contribution in [-0.2, 0) is 11.2 Å². The lowest BCUT2D eigenvalue weighted by Crippen LogP contribution is -2.10. The number of rotatable bonds is 4. The third-order valence-electron chi connectivity index (χ3n) is 3.68. The molecule has 1 aromatic heterocycles. The monoisotopic (exact) mass is 309 g/mol. The lowest BCUT2D eigenvalue weighted by molar-refractivity contribution is 0.0525. The SMILES string of the molecule is CCOC(=O)c1cnc2ccccc2c1Cc1ccc(F)cc1. The zero-order valence-electron chi connectivity index (χ0n) is 12.8. The van der Waals surface area contributed by atoms with Crippen LogP contribution in [0.5, 0.6) is 0 Å². The van der Waals surface area contributed by atoms with Crippen LogP contribution in [-0.4, -0.2) is 17.6 Å². The Kier molecular flexibility index (Phi) is 4.33. The summed E-state index contributed by atoms with van der Waals surface area (Å²) in [6.45, 7) is 2.08. The first-order chi connectivity index (χ1) is 11.2. The number of carbonyl (C=O) groups is 1. The number of para-hydroxylation sites is 1. The Morgan fingerprint density at radius 2 is 1.87 bits per heavy atom. The molecule has 23 heavy (non-hydrogen) atoms. The Labute approximate surface area is 133 Å². The zero-order valence-corrected chi connectivity index (χ0v) is 12.8. The van der Waals surface area contributed by atoms with Crippen LogP contribution >= 0.6 is 0 Å². The number of hydrogen-bond donors (Lipinski definition) is 0. The Hall–Kier alpha value is -2.75. The van der Waals surface area contributed by atoms with Gasteiger partial charge in [0.1, 0.15) is 5.82 Å². The highest BCUT2D eigenvalue weighted by molar-refractivity contribution is 5.97. The standard InChI is InChI=1S/C19H16FNO2/c1-2-23-19(22)17-12-21-18-6-4-3-5-15(18)16(17)11-13-7-9-14(20)10-8-13/h3-10,12H,2,11H2,1H3. The van der Waals surface area contributed by atoms with Crippen molar-refractivity contribution in [3.63, 3.8) is 0 Å². The highest BCUT2D eigenvalue weighted by Crippen LogP contribution is 2.24. The van der Waals surface area contributed by atoms with Gasteiger partial charge >= 0.3 is 5.97 Å². The van der Waals surface area contributed by atoms with Crippen molar-refractivity contribution in [3.8, 4) is 0 Å². The smallest absolute Gasteiger partial charge is 0.340 e. The van der Waals surface area contributed by atoms with E-state index in [0.717, 1.165) is 22.0 Å². The van der Waals surface area contributed by atoms with Crippen molar-refractivity contribution >= 4 is 16.9 Å². The zero-order chi connectivity index (χ0) is 16.2. The van der Waals surface area contributed by atoms with Gasteiger partial charge in [-0.05, 0) is 42.7 Å². The predicted octanol–water partition coefficient (Wildman–Crippen LogP) is 4.14. The van der Waals surface area contributed by atoms with Crippen LogP contribution in [0.3, 0.4) is 0 Å². The van der Waals surface area contributed by atoms with Crippen LogP contribution in [0, 0.1) is 5.82 Å². The van der Waals surface area contributed by atoms with Crippen LogP contribution in [0.4, 0.5) is 4.39 Å². The van der Waals surface area contributed by atoms with E-state index in [2.05, 4.69) is 4.98 Å². The molecule has 0 aliphatic carbocycles. The average Bonchev–Trinajstić information content (AvgIpc) is 2.57. The van der Waals surface area contributed by atoms with Gasteiger partial charge in [0.05, 0.1) is 17.7 Å². The third kappa shape index (κ3) is 3.21. The molecule has 116 valence electrons. The fourth-order valence-electron chi connectivity index (χ4n) is 2.58. The number of carbonyl (C=O) groups excluding carboxylic acids is 1. The second-order valence-corrected chi connectivity index (χ2v) is 5.19. The van der Waals surface area contributed by atoms with Crippen molar-refractivity contribution in [1.29, 1.82) is 0 Å². The number of halogens is 1. The molecule has 1 heterocycles. The van der Waals surface area contributed by atoms with E-state index in [-0.39, 0.29) is 11.8 Å². The average molecular weight is 309 g/mol. The Morgan fingerprint density at radius 3 is 2.61 bits per heavy atom. The molecule has 0 atom stereocenters. The van der Waals surface area contributed by atoms with Gasteiger partial charge in [-0.2, -0.15) is 0 Å². The first-order valence-electron chi connectivity index (χ1n) is 7.47. The van der Waals surface area contributed by atoms with Crippen molar-refractivity contribution in [2.75, 3.05) is 6.61 Å². The predicted molar refractivity (Wildman–Crippen MR) is 86.9 cm³/mol. The fraction of sp³-hybridized carbons (Fsp3) is 0.158. The molecule has 0 spiro atoms. The van der Waals surface area contributed by atoms with E-state index in [1.165, 1.54) is 12.1 Å². The summed E-state index contributed by atoms with van der Waals surface area (Å²) in [5.41, 5.74) is 3.04. The van der Waals surface area contributed by atoms with Crippen molar-refractivity contribution in [3.05, 3.63) is 77.2 Å². The number of hydrogen-bond acceptors (Lipinski definition) is 3. The molecule has 0 N–H and O–H groups in total. The van der Waals surface area contributed by atoms with Gasteiger partial charge in [0.15, 0.2) is 0 Å². The largest absolute Gasteiger partial charge is 0.462 e. The van der Waals surface area contributed by atoms with E-state index in [4.69, 9.17) is 4.74 Å². The van der Waals surface area contributed by atoms with Crippen molar-refractivity contribution in [2.45, 2.75) is 13.3 Å². The minimum Gasteiger partial charge on any atom is -0.462 e. The molecule has 4 heteroatoms. The minimum atomic E-state index is -0.386. The Morgan fingerprint density at radius 1 is 1.13 bits per heavy atom. The van der Waals surface area contributed by atoms with Crippen LogP contribution in [0.2, 0.25) is 0 Å². The second-order valence-electron chi connectivity index (χ2n) is 5.19. The van der Waals surface area contributed by atoms with Gasteiger partial charge in [0.25, 0.3) is 0 Å². The minimum absolute atomic E-state index is 0.279.